The first-order chi connectivity index (χ1) is 13.6. The van der Waals surface area contributed by atoms with Crippen LogP contribution in [-0.2, 0) is 16.1 Å². The summed E-state index contributed by atoms with van der Waals surface area (Å²) < 4.78 is 5.14. The Labute approximate surface area is 165 Å². The lowest BCUT2D eigenvalue weighted by molar-refractivity contribution is -0.119. The molecule has 0 heterocycles. The topological polar surface area (TPSA) is 84.5 Å². The zero-order valence-electron chi connectivity index (χ0n) is 16.0. The van der Waals surface area contributed by atoms with Gasteiger partial charge in [-0.1, -0.05) is 60.7 Å². The predicted molar refractivity (Wildman–Crippen MR) is 107 cm³/mol. The SMILES string of the molecule is CC(=O)NC(CCCCNC(=O)OCc1ccccc1)C(=O)c1ccccc1. The number of carbonyl (C=O) groups excluding carboxylic acids is 3. The summed E-state index contributed by atoms with van der Waals surface area (Å²) in [6, 6.07) is 17.8. The van der Waals surface area contributed by atoms with Gasteiger partial charge >= 0.3 is 6.09 Å². The zero-order valence-corrected chi connectivity index (χ0v) is 16.0. The van der Waals surface area contributed by atoms with Crippen molar-refractivity contribution < 1.29 is 19.1 Å². The largest absolute Gasteiger partial charge is 0.445 e. The van der Waals surface area contributed by atoms with Crippen molar-refractivity contribution in [3.8, 4) is 0 Å². The minimum absolute atomic E-state index is 0.106. The molecule has 2 amide bonds. The highest BCUT2D eigenvalue weighted by atomic mass is 16.5. The van der Waals surface area contributed by atoms with Crippen molar-refractivity contribution in [3.63, 3.8) is 0 Å². The molecule has 1 atom stereocenters. The van der Waals surface area contributed by atoms with Gasteiger partial charge in [-0.15, -0.1) is 0 Å². The molecule has 2 N–H and O–H groups in total. The van der Waals surface area contributed by atoms with E-state index < -0.39 is 12.1 Å². The van der Waals surface area contributed by atoms with Crippen molar-refractivity contribution >= 4 is 17.8 Å². The van der Waals surface area contributed by atoms with Crippen molar-refractivity contribution in [1.82, 2.24) is 10.6 Å². The lowest BCUT2D eigenvalue weighted by atomic mass is 9.99. The Morgan fingerprint density at radius 1 is 0.929 bits per heavy atom. The van der Waals surface area contributed by atoms with Gasteiger partial charge in [0.1, 0.15) is 6.61 Å². The van der Waals surface area contributed by atoms with Crippen LogP contribution in [0.1, 0.15) is 42.1 Å². The molecule has 0 aliphatic carbocycles. The Balaban J connectivity index is 1.69. The smallest absolute Gasteiger partial charge is 0.407 e. The fourth-order valence-electron chi connectivity index (χ4n) is 2.76. The number of rotatable bonds is 10. The number of Topliss-reactive ketones (excluding diaryl/α,β-unsaturated/α-hetero) is 1. The maximum Gasteiger partial charge on any atom is 0.407 e. The average Bonchev–Trinajstić information content (AvgIpc) is 2.71. The summed E-state index contributed by atoms with van der Waals surface area (Å²) in [4.78, 5) is 35.7. The normalized spacial score (nSPS) is 11.3. The molecule has 6 nitrogen and oxygen atoms in total. The molecule has 1 unspecified atom stereocenters. The van der Waals surface area contributed by atoms with Crippen LogP contribution >= 0.6 is 0 Å². The van der Waals surface area contributed by atoms with Crippen LogP contribution in [0, 0.1) is 0 Å². The Kier molecular flexibility index (Phi) is 8.72. The Bertz CT molecular complexity index is 763. The number of ketones is 1. The standard InChI is InChI=1S/C22H26N2O4/c1-17(25)24-20(21(26)19-12-6-3-7-13-19)14-8-9-15-23-22(27)28-16-18-10-4-2-5-11-18/h2-7,10-13,20H,8-9,14-16H2,1H3,(H,23,27)(H,24,25). The summed E-state index contributed by atoms with van der Waals surface area (Å²) >= 11 is 0. The van der Waals surface area contributed by atoms with E-state index in [0.29, 0.717) is 31.4 Å². The van der Waals surface area contributed by atoms with Gasteiger partial charge in [0.05, 0.1) is 6.04 Å². The van der Waals surface area contributed by atoms with E-state index in [-0.39, 0.29) is 18.3 Å². The first-order valence-electron chi connectivity index (χ1n) is 9.37. The van der Waals surface area contributed by atoms with Gasteiger partial charge in [-0.3, -0.25) is 9.59 Å². The number of hydrogen-bond donors (Lipinski definition) is 2. The van der Waals surface area contributed by atoms with Crippen LogP contribution in [0.2, 0.25) is 0 Å². The minimum atomic E-state index is -0.565. The number of ether oxygens (including phenoxy) is 1. The Morgan fingerprint density at radius 2 is 1.57 bits per heavy atom. The number of nitrogens with one attached hydrogen (secondary N) is 2. The van der Waals surface area contributed by atoms with Gasteiger partial charge < -0.3 is 15.4 Å². The molecule has 0 fully saturated rings. The summed E-state index contributed by atoms with van der Waals surface area (Å²) in [6.45, 7) is 2.07. The number of carbonyl (C=O) groups is 3. The molecule has 0 bridgehead atoms. The number of benzene rings is 2. The van der Waals surface area contributed by atoms with E-state index in [9.17, 15) is 14.4 Å². The maximum atomic E-state index is 12.6. The maximum absolute atomic E-state index is 12.6. The third kappa shape index (κ3) is 7.61. The van der Waals surface area contributed by atoms with Crippen molar-refractivity contribution in [2.24, 2.45) is 0 Å². The molecule has 2 rings (SSSR count). The van der Waals surface area contributed by atoms with Gasteiger partial charge in [0.2, 0.25) is 5.91 Å². The van der Waals surface area contributed by atoms with Crippen LogP contribution in [0.5, 0.6) is 0 Å². The summed E-state index contributed by atoms with van der Waals surface area (Å²) in [6.07, 6.45) is 1.40. The molecule has 0 saturated carbocycles. The van der Waals surface area contributed by atoms with E-state index in [1.54, 1.807) is 24.3 Å². The summed E-state index contributed by atoms with van der Waals surface area (Å²) in [5, 5.41) is 5.41. The zero-order chi connectivity index (χ0) is 20.2. The van der Waals surface area contributed by atoms with Gasteiger partial charge in [0, 0.05) is 19.0 Å². The Morgan fingerprint density at radius 3 is 2.21 bits per heavy atom. The molecule has 0 saturated heterocycles. The summed E-state index contributed by atoms with van der Waals surface area (Å²) in [7, 11) is 0. The highest BCUT2D eigenvalue weighted by molar-refractivity contribution is 6.01. The van der Waals surface area contributed by atoms with Gasteiger partial charge in [-0.2, -0.15) is 0 Å². The van der Waals surface area contributed by atoms with Crippen molar-refractivity contribution in [2.75, 3.05) is 6.54 Å². The quantitative estimate of drug-likeness (QED) is 0.487. The molecule has 0 radical (unpaired) electrons. The predicted octanol–water partition coefficient (Wildman–Crippen LogP) is 3.47. The molecule has 148 valence electrons. The average molecular weight is 382 g/mol. The second-order valence-electron chi connectivity index (χ2n) is 6.47. The second-order valence-corrected chi connectivity index (χ2v) is 6.47. The molecule has 2 aromatic carbocycles. The van der Waals surface area contributed by atoms with Crippen molar-refractivity contribution in [2.45, 2.75) is 38.8 Å². The molecular formula is C22H26N2O4. The van der Waals surface area contributed by atoms with Crippen LogP contribution in [-0.4, -0.2) is 30.4 Å². The third-order valence-corrected chi connectivity index (χ3v) is 4.15. The van der Waals surface area contributed by atoms with Gasteiger partial charge in [0.15, 0.2) is 5.78 Å². The fourth-order valence-corrected chi connectivity index (χ4v) is 2.76. The number of unbranched alkanes of at least 4 members (excludes halogenated alkanes) is 1. The van der Waals surface area contributed by atoms with Crippen molar-refractivity contribution in [3.05, 3.63) is 71.8 Å². The summed E-state index contributed by atoms with van der Waals surface area (Å²) in [5.74, 6) is -0.345. The van der Waals surface area contributed by atoms with Crippen LogP contribution in [0.15, 0.2) is 60.7 Å². The number of amides is 2. The van der Waals surface area contributed by atoms with E-state index in [4.69, 9.17) is 4.74 Å². The lowest BCUT2D eigenvalue weighted by Crippen LogP contribution is -2.39. The van der Waals surface area contributed by atoms with Crippen LogP contribution in [0.3, 0.4) is 0 Å². The van der Waals surface area contributed by atoms with E-state index in [0.717, 1.165) is 5.56 Å². The third-order valence-electron chi connectivity index (χ3n) is 4.15. The summed E-state index contributed by atoms with van der Waals surface area (Å²) in [5.41, 5.74) is 1.50. The first-order valence-corrected chi connectivity index (χ1v) is 9.37. The Hall–Kier alpha value is -3.15. The molecule has 2 aromatic rings. The fraction of sp³-hybridized carbons (Fsp3) is 0.318. The van der Waals surface area contributed by atoms with Gasteiger partial charge in [-0.05, 0) is 24.8 Å². The van der Waals surface area contributed by atoms with Crippen LogP contribution in [0.25, 0.3) is 0 Å². The molecule has 0 aromatic heterocycles. The second kappa shape index (κ2) is 11.5. The molecule has 0 aliphatic rings. The van der Waals surface area contributed by atoms with E-state index in [1.807, 2.05) is 36.4 Å². The van der Waals surface area contributed by atoms with Crippen LogP contribution in [0.4, 0.5) is 4.79 Å². The van der Waals surface area contributed by atoms with Crippen molar-refractivity contribution in [1.29, 1.82) is 0 Å². The van der Waals surface area contributed by atoms with E-state index >= 15 is 0 Å². The highest BCUT2D eigenvalue weighted by Gasteiger charge is 2.20. The monoisotopic (exact) mass is 382 g/mol. The minimum Gasteiger partial charge on any atom is -0.445 e. The lowest BCUT2D eigenvalue weighted by Gasteiger charge is -2.17. The van der Waals surface area contributed by atoms with Gasteiger partial charge in [-0.25, -0.2) is 4.79 Å². The van der Waals surface area contributed by atoms with Crippen LogP contribution < -0.4 is 10.6 Å². The molecular weight excluding hydrogens is 356 g/mol. The molecule has 0 spiro atoms. The molecule has 6 heteroatoms. The number of hydrogen-bond acceptors (Lipinski definition) is 4. The highest BCUT2D eigenvalue weighted by Crippen LogP contribution is 2.09. The molecule has 28 heavy (non-hydrogen) atoms. The van der Waals surface area contributed by atoms with E-state index in [1.165, 1.54) is 6.92 Å². The number of alkyl carbamates (subject to hydrolysis) is 1. The molecule has 0 aliphatic heterocycles. The van der Waals surface area contributed by atoms with Gasteiger partial charge in [0.25, 0.3) is 0 Å². The van der Waals surface area contributed by atoms with E-state index in [2.05, 4.69) is 10.6 Å². The first kappa shape index (κ1) is 21.2.